The molecule has 0 saturated carbocycles. The van der Waals surface area contributed by atoms with E-state index in [1.807, 2.05) is 37.5 Å². The van der Waals surface area contributed by atoms with Crippen molar-refractivity contribution in [3.05, 3.63) is 47.3 Å². The monoisotopic (exact) mass is 490 g/mol. The van der Waals surface area contributed by atoms with Gasteiger partial charge in [-0.1, -0.05) is 0 Å². The average Bonchev–Trinajstić information content (AvgIpc) is 3.00. The van der Waals surface area contributed by atoms with Gasteiger partial charge in [0, 0.05) is 31.7 Å². The molecule has 0 aliphatic rings. The summed E-state index contributed by atoms with van der Waals surface area (Å²) >= 11 is 0.975. The molecule has 14 heteroatoms. The molecule has 3 rings (SSSR count). The summed E-state index contributed by atoms with van der Waals surface area (Å²) in [6, 6.07) is 9.09. The van der Waals surface area contributed by atoms with Gasteiger partial charge in [0.05, 0.1) is 10.2 Å². The number of carbonyl (C=O) groups is 1. The van der Waals surface area contributed by atoms with Crippen LogP contribution in [-0.2, 0) is 21.4 Å². The van der Waals surface area contributed by atoms with Gasteiger partial charge in [-0.25, -0.2) is 37.2 Å². The fourth-order valence-corrected chi connectivity index (χ4v) is 4.53. The van der Waals surface area contributed by atoms with Crippen LogP contribution in [-0.4, -0.2) is 19.3 Å². The number of thiazole rings is 1. The topological polar surface area (TPSA) is 198 Å². The molecule has 3 N–H and O–H groups in total. The molecule has 1 aromatic carbocycles. The summed E-state index contributed by atoms with van der Waals surface area (Å²) < 4.78 is 59.2. The van der Waals surface area contributed by atoms with Crippen LogP contribution in [0.15, 0.2) is 34.7 Å². The molecule has 0 aliphatic heterocycles. The molecule has 0 radical (unpaired) electrons. The number of nitrogens with zero attached hydrogens (tertiary/aromatic N) is 2. The summed E-state index contributed by atoms with van der Waals surface area (Å²) in [6.45, 7) is 6.14. The van der Waals surface area contributed by atoms with E-state index in [0.29, 0.717) is 15.9 Å². The van der Waals surface area contributed by atoms with E-state index < -0.39 is 20.3 Å². The largest absolute Gasteiger partial charge is 0.321 e. The van der Waals surface area contributed by atoms with Crippen LogP contribution in [0.5, 0.6) is 0 Å². The van der Waals surface area contributed by atoms with E-state index in [1.165, 1.54) is 0 Å². The number of amides is 1. The molecule has 0 fully saturated rings. The second-order valence-corrected chi connectivity index (χ2v) is 10.1. The van der Waals surface area contributed by atoms with E-state index in [4.69, 9.17) is 23.8 Å². The van der Waals surface area contributed by atoms with Crippen molar-refractivity contribution in [2.24, 2.45) is 5.14 Å². The van der Waals surface area contributed by atoms with Crippen LogP contribution in [0.25, 0.3) is 10.2 Å². The maximum absolute atomic E-state index is 12.4. The molecule has 0 unspecified atom stereocenters. The highest BCUT2D eigenvalue weighted by molar-refractivity contribution is 7.91. The Morgan fingerprint density at radius 1 is 1.13 bits per heavy atom. The number of nitrogens with one attached hydrogen (secondary N) is 1. The lowest BCUT2D eigenvalue weighted by atomic mass is 10.2. The van der Waals surface area contributed by atoms with Crippen LogP contribution < -0.4 is 33.7 Å². The number of carbonyl (C=O) groups excluding carboxylic acids is 1. The van der Waals surface area contributed by atoms with Gasteiger partial charge < -0.3 is 5.32 Å². The van der Waals surface area contributed by atoms with E-state index in [2.05, 4.69) is 10.3 Å². The molecule has 11 nitrogen and oxygen atoms in total. The molecule has 0 aliphatic carbocycles. The van der Waals surface area contributed by atoms with Crippen LogP contribution in [0.1, 0.15) is 17.0 Å². The third kappa shape index (κ3) is 7.75. The smallest absolute Gasteiger partial charge is 0.290 e. The zero-order valence-corrected chi connectivity index (χ0v) is 19.0. The molecule has 0 saturated heterocycles. The highest BCUT2D eigenvalue weighted by atomic mass is 35.7. The molecular weight excluding hydrogens is 472 g/mol. The van der Waals surface area contributed by atoms with Crippen molar-refractivity contribution < 1.29 is 46.7 Å². The fraction of sp³-hybridized carbons (Fsp3) is 0.235. The van der Waals surface area contributed by atoms with Crippen LogP contribution in [0.4, 0.5) is 5.69 Å². The molecule has 3 aromatic rings. The molecular formula is C17H19ClN4O7S2. The third-order valence-electron chi connectivity index (χ3n) is 3.92. The highest BCUT2D eigenvalue weighted by Gasteiger charge is 2.18. The van der Waals surface area contributed by atoms with E-state index >= 15 is 0 Å². The maximum Gasteiger partial charge on any atom is 0.290 e. The molecule has 1 amide bonds. The minimum absolute atomic E-state index is 0.141. The van der Waals surface area contributed by atoms with Crippen molar-refractivity contribution in [3.63, 3.8) is 0 Å². The number of rotatable bonds is 4. The summed E-state index contributed by atoms with van der Waals surface area (Å²) in [5, 5.41) is 7.95. The lowest BCUT2D eigenvalue weighted by molar-refractivity contribution is -2.00. The summed E-state index contributed by atoms with van der Waals surface area (Å²) in [4.78, 5) is 16.4. The number of primary sulfonamides is 1. The van der Waals surface area contributed by atoms with Gasteiger partial charge in [0.1, 0.15) is 0 Å². The number of aryl methyl sites for hydroxylation is 3. The first kappa shape index (κ1) is 25.0. The zero-order chi connectivity index (χ0) is 23.6. The van der Waals surface area contributed by atoms with E-state index in [9.17, 15) is 13.2 Å². The number of hydrogen-bond donors (Lipinski definition) is 2. The number of hydrogen-bond acceptors (Lipinski definition) is 9. The standard InChI is InChI=1S/C17H18N4O3S2.ClHO4/c1-10-6-11(2)21(12(3)7-10)9-16(22)19-13-4-5-14-15(8-13)25-17(20-14)26(18,23)24;2-1(3,4)5/h4-8H,9H2,1-3H3,(H2-,18,19,22,23,24);(H,2,3,4,5). The van der Waals surface area contributed by atoms with Crippen LogP contribution in [0.3, 0.4) is 0 Å². The third-order valence-corrected chi connectivity index (χ3v) is 6.26. The minimum atomic E-state index is -4.94. The van der Waals surface area contributed by atoms with Crippen molar-refractivity contribution in [3.8, 4) is 0 Å². The second-order valence-electron chi connectivity index (χ2n) is 6.54. The summed E-state index contributed by atoms with van der Waals surface area (Å²) in [6.07, 6.45) is 0. The fourth-order valence-electron chi connectivity index (χ4n) is 2.83. The molecule has 0 bridgehead atoms. The first-order valence-corrected chi connectivity index (χ1v) is 12.1. The zero-order valence-electron chi connectivity index (χ0n) is 16.6. The van der Waals surface area contributed by atoms with Crippen LogP contribution in [0.2, 0.25) is 0 Å². The number of nitrogens with two attached hydrogens (primary N) is 1. The van der Waals surface area contributed by atoms with Gasteiger partial charge in [-0.05, 0) is 30.7 Å². The molecule has 0 spiro atoms. The predicted octanol–water partition coefficient (Wildman–Crippen LogP) is -2.96. The Bertz CT molecular complexity index is 1190. The highest BCUT2D eigenvalue weighted by Crippen LogP contribution is 2.27. The van der Waals surface area contributed by atoms with Crippen molar-refractivity contribution in [2.75, 3.05) is 5.32 Å². The van der Waals surface area contributed by atoms with Crippen molar-refractivity contribution in [1.82, 2.24) is 4.98 Å². The SMILES string of the molecule is Cc1cc(C)[n+](CC(=O)Nc2ccc3nc(S(N)(=O)=O)sc3c2)c(C)c1.[O-][Cl+3]([O-])([O-])[O-]. The van der Waals surface area contributed by atoms with Crippen molar-refractivity contribution >= 4 is 43.2 Å². The predicted molar refractivity (Wildman–Crippen MR) is 100 cm³/mol. The lowest BCUT2D eigenvalue weighted by Crippen LogP contribution is -2.68. The van der Waals surface area contributed by atoms with Gasteiger partial charge in [0.2, 0.25) is 10.9 Å². The Balaban J connectivity index is 0.000000614. The number of sulfonamides is 1. The Morgan fingerprint density at radius 3 is 2.19 bits per heavy atom. The van der Waals surface area contributed by atoms with Crippen molar-refractivity contribution in [2.45, 2.75) is 31.7 Å². The van der Waals surface area contributed by atoms with Gasteiger partial charge in [0.25, 0.3) is 15.9 Å². The number of halogens is 1. The Morgan fingerprint density at radius 2 is 1.68 bits per heavy atom. The Labute approximate surface area is 184 Å². The summed E-state index contributed by atoms with van der Waals surface area (Å²) in [5.74, 6) is -0.166. The van der Waals surface area contributed by atoms with Crippen LogP contribution in [0, 0.1) is 31.0 Å². The Kier molecular flexibility index (Phi) is 7.67. The number of aromatic nitrogens is 2. The summed E-state index contributed by atoms with van der Waals surface area (Å²) in [5.41, 5.74) is 4.27. The van der Waals surface area contributed by atoms with Gasteiger partial charge in [0.15, 0.2) is 11.4 Å². The molecule has 2 aromatic heterocycles. The summed E-state index contributed by atoms with van der Waals surface area (Å²) in [7, 11) is -8.78. The molecule has 2 heterocycles. The molecule has 168 valence electrons. The van der Waals surface area contributed by atoms with E-state index in [0.717, 1.165) is 28.3 Å². The number of anilines is 1. The van der Waals surface area contributed by atoms with Gasteiger partial charge in [-0.2, -0.15) is 4.57 Å². The van der Waals surface area contributed by atoms with Crippen molar-refractivity contribution in [1.29, 1.82) is 0 Å². The quantitative estimate of drug-likeness (QED) is 0.361. The number of pyridine rings is 1. The van der Waals surface area contributed by atoms with Gasteiger partial charge >= 0.3 is 0 Å². The van der Waals surface area contributed by atoms with E-state index in [-0.39, 0.29) is 16.8 Å². The average molecular weight is 491 g/mol. The van der Waals surface area contributed by atoms with Gasteiger partial charge in [-0.3, -0.25) is 4.79 Å². The van der Waals surface area contributed by atoms with E-state index in [1.54, 1.807) is 18.2 Å². The normalized spacial score (nSPS) is 11.7. The first-order chi connectivity index (χ1) is 14.1. The van der Waals surface area contributed by atoms with Gasteiger partial charge in [-0.15, -0.1) is 21.6 Å². The second kappa shape index (κ2) is 9.50. The van der Waals surface area contributed by atoms with Crippen LogP contribution >= 0.6 is 11.3 Å². The lowest BCUT2D eigenvalue weighted by Gasteiger charge is -2.17. The maximum atomic E-state index is 12.4. The number of benzene rings is 1. The number of fused-ring (bicyclic) bond motifs is 1. The molecule has 31 heavy (non-hydrogen) atoms. The molecule has 0 atom stereocenters. The first-order valence-electron chi connectivity index (χ1n) is 8.46. The minimum Gasteiger partial charge on any atom is -0.321 e. The Hall–Kier alpha value is -2.23.